The van der Waals surface area contributed by atoms with Crippen molar-refractivity contribution < 1.29 is 9.53 Å². The van der Waals surface area contributed by atoms with Crippen LogP contribution in [-0.4, -0.2) is 17.6 Å². The van der Waals surface area contributed by atoms with Gasteiger partial charge in [-0.25, -0.2) is 0 Å². The second-order valence-corrected chi connectivity index (χ2v) is 5.10. The van der Waals surface area contributed by atoms with E-state index in [1.165, 1.54) is 0 Å². The van der Waals surface area contributed by atoms with Gasteiger partial charge in [-0.3, -0.25) is 4.79 Å². The van der Waals surface area contributed by atoms with Crippen molar-refractivity contribution in [3.05, 3.63) is 84.2 Å². The van der Waals surface area contributed by atoms with Gasteiger partial charge in [0.15, 0.2) is 0 Å². The third-order valence-electron chi connectivity index (χ3n) is 3.66. The highest BCUT2D eigenvalue weighted by Gasteiger charge is 2.12. The zero-order valence-electron chi connectivity index (χ0n) is 12.9. The molecule has 0 aliphatic rings. The monoisotopic (exact) mass is 306 g/mol. The molecule has 0 aliphatic heterocycles. The highest BCUT2D eigenvalue weighted by molar-refractivity contribution is 5.97. The molecule has 1 heterocycles. The molecular weight excluding hydrogens is 288 g/mol. The molecule has 0 atom stereocenters. The van der Waals surface area contributed by atoms with E-state index in [2.05, 4.69) is 5.32 Å². The van der Waals surface area contributed by atoms with Crippen LogP contribution in [0.2, 0.25) is 0 Å². The standard InChI is InChI=1S/C19H18N2O2/c1-23-18-11-5-2-8-15(18)14-20-19(22)16-9-3-4-10-17(16)21-12-6-7-13-21/h2-13H,14H2,1H3,(H,20,22). The van der Waals surface area contributed by atoms with Gasteiger partial charge in [0.1, 0.15) is 5.75 Å². The van der Waals surface area contributed by atoms with Crippen LogP contribution in [0.15, 0.2) is 73.1 Å². The Morgan fingerprint density at radius 1 is 1.00 bits per heavy atom. The van der Waals surface area contributed by atoms with Crippen LogP contribution in [0.25, 0.3) is 5.69 Å². The van der Waals surface area contributed by atoms with Crippen molar-refractivity contribution in [2.45, 2.75) is 6.54 Å². The first kappa shape index (κ1) is 14.9. The quantitative estimate of drug-likeness (QED) is 0.785. The molecule has 4 heteroatoms. The summed E-state index contributed by atoms with van der Waals surface area (Å²) in [6, 6.07) is 19.1. The van der Waals surface area contributed by atoms with Crippen molar-refractivity contribution in [1.29, 1.82) is 0 Å². The molecule has 0 unspecified atom stereocenters. The summed E-state index contributed by atoms with van der Waals surface area (Å²) in [5.74, 6) is 0.659. The van der Waals surface area contributed by atoms with E-state index in [1.807, 2.05) is 77.6 Å². The van der Waals surface area contributed by atoms with Gasteiger partial charge >= 0.3 is 0 Å². The Balaban J connectivity index is 1.79. The van der Waals surface area contributed by atoms with Gasteiger partial charge in [0, 0.05) is 24.5 Å². The summed E-state index contributed by atoms with van der Waals surface area (Å²) in [4.78, 5) is 12.6. The van der Waals surface area contributed by atoms with Crippen LogP contribution < -0.4 is 10.1 Å². The third kappa shape index (κ3) is 3.26. The maximum absolute atomic E-state index is 12.6. The molecule has 0 aliphatic carbocycles. The lowest BCUT2D eigenvalue weighted by Gasteiger charge is -2.12. The number of rotatable bonds is 5. The Hall–Kier alpha value is -3.01. The summed E-state index contributed by atoms with van der Waals surface area (Å²) in [6.45, 7) is 0.420. The molecule has 3 rings (SSSR count). The normalized spacial score (nSPS) is 10.3. The maximum atomic E-state index is 12.6. The average Bonchev–Trinajstić information content (AvgIpc) is 3.14. The molecule has 1 aromatic heterocycles. The molecule has 23 heavy (non-hydrogen) atoms. The van der Waals surface area contributed by atoms with Gasteiger partial charge in [0.2, 0.25) is 0 Å². The molecule has 1 N–H and O–H groups in total. The van der Waals surface area contributed by atoms with Crippen LogP contribution in [0.3, 0.4) is 0 Å². The van der Waals surface area contributed by atoms with E-state index in [0.717, 1.165) is 17.0 Å². The number of hydrogen-bond acceptors (Lipinski definition) is 2. The number of para-hydroxylation sites is 2. The topological polar surface area (TPSA) is 43.3 Å². The van der Waals surface area contributed by atoms with Gasteiger partial charge in [-0.05, 0) is 30.3 Å². The highest BCUT2D eigenvalue weighted by atomic mass is 16.5. The zero-order valence-corrected chi connectivity index (χ0v) is 12.9. The SMILES string of the molecule is COc1ccccc1CNC(=O)c1ccccc1-n1cccc1. The molecule has 0 saturated carbocycles. The number of carbonyl (C=O) groups is 1. The van der Waals surface area contributed by atoms with Crippen molar-refractivity contribution in [2.24, 2.45) is 0 Å². The van der Waals surface area contributed by atoms with Crippen molar-refractivity contribution in [2.75, 3.05) is 7.11 Å². The predicted molar refractivity (Wildman–Crippen MR) is 89.9 cm³/mol. The summed E-state index contributed by atoms with van der Waals surface area (Å²) in [5, 5.41) is 2.96. The van der Waals surface area contributed by atoms with E-state index in [1.54, 1.807) is 7.11 Å². The van der Waals surface area contributed by atoms with Crippen LogP contribution in [0, 0.1) is 0 Å². The Labute approximate surface area is 135 Å². The molecule has 116 valence electrons. The van der Waals surface area contributed by atoms with E-state index in [4.69, 9.17) is 4.74 Å². The van der Waals surface area contributed by atoms with Crippen LogP contribution in [0.4, 0.5) is 0 Å². The minimum Gasteiger partial charge on any atom is -0.496 e. The fourth-order valence-electron chi connectivity index (χ4n) is 2.51. The lowest BCUT2D eigenvalue weighted by Crippen LogP contribution is -2.24. The van der Waals surface area contributed by atoms with Gasteiger partial charge in [-0.15, -0.1) is 0 Å². The number of carbonyl (C=O) groups excluding carboxylic acids is 1. The number of ether oxygens (including phenoxy) is 1. The lowest BCUT2D eigenvalue weighted by molar-refractivity contribution is 0.0950. The van der Waals surface area contributed by atoms with Gasteiger partial charge < -0.3 is 14.6 Å². The van der Waals surface area contributed by atoms with E-state index in [0.29, 0.717) is 12.1 Å². The maximum Gasteiger partial charge on any atom is 0.253 e. The third-order valence-corrected chi connectivity index (χ3v) is 3.66. The minimum absolute atomic E-state index is 0.111. The number of hydrogen-bond donors (Lipinski definition) is 1. The van der Waals surface area contributed by atoms with Crippen LogP contribution in [0.5, 0.6) is 5.75 Å². The van der Waals surface area contributed by atoms with E-state index in [-0.39, 0.29) is 5.91 Å². The second-order valence-electron chi connectivity index (χ2n) is 5.10. The Morgan fingerprint density at radius 3 is 2.48 bits per heavy atom. The number of nitrogens with zero attached hydrogens (tertiary/aromatic N) is 1. The van der Waals surface area contributed by atoms with Crippen LogP contribution in [0.1, 0.15) is 15.9 Å². The molecule has 0 bridgehead atoms. The van der Waals surface area contributed by atoms with Crippen molar-refractivity contribution in [1.82, 2.24) is 9.88 Å². The first-order valence-corrected chi connectivity index (χ1v) is 7.42. The number of amides is 1. The number of nitrogens with one attached hydrogen (secondary N) is 1. The first-order valence-electron chi connectivity index (χ1n) is 7.42. The van der Waals surface area contributed by atoms with Crippen molar-refractivity contribution >= 4 is 5.91 Å². The van der Waals surface area contributed by atoms with E-state index < -0.39 is 0 Å². The van der Waals surface area contributed by atoms with Gasteiger partial charge in [0.25, 0.3) is 5.91 Å². The Bertz CT molecular complexity index is 795. The molecule has 0 radical (unpaired) electrons. The molecule has 0 spiro atoms. The lowest BCUT2D eigenvalue weighted by atomic mass is 10.1. The second kappa shape index (κ2) is 6.83. The molecule has 0 saturated heterocycles. The smallest absolute Gasteiger partial charge is 0.253 e. The van der Waals surface area contributed by atoms with E-state index >= 15 is 0 Å². The number of benzene rings is 2. The zero-order chi connectivity index (χ0) is 16.1. The van der Waals surface area contributed by atoms with Crippen molar-refractivity contribution in [3.8, 4) is 11.4 Å². The largest absolute Gasteiger partial charge is 0.496 e. The summed E-state index contributed by atoms with van der Waals surface area (Å²) < 4.78 is 7.24. The summed E-state index contributed by atoms with van der Waals surface area (Å²) in [7, 11) is 1.63. The predicted octanol–water partition coefficient (Wildman–Crippen LogP) is 3.42. The molecule has 2 aromatic carbocycles. The van der Waals surface area contributed by atoms with Crippen LogP contribution in [-0.2, 0) is 6.54 Å². The van der Waals surface area contributed by atoms with Gasteiger partial charge in [-0.1, -0.05) is 30.3 Å². The minimum atomic E-state index is -0.111. The number of aromatic nitrogens is 1. The summed E-state index contributed by atoms with van der Waals surface area (Å²) >= 11 is 0. The van der Waals surface area contributed by atoms with Gasteiger partial charge in [-0.2, -0.15) is 0 Å². The highest BCUT2D eigenvalue weighted by Crippen LogP contribution is 2.18. The van der Waals surface area contributed by atoms with Crippen molar-refractivity contribution in [3.63, 3.8) is 0 Å². The van der Waals surface area contributed by atoms with Crippen LogP contribution >= 0.6 is 0 Å². The molecule has 1 amide bonds. The Morgan fingerprint density at radius 2 is 1.70 bits per heavy atom. The molecule has 4 nitrogen and oxygen atoms in total. The fraction of sp³-hybridized carbons (Fsp3) is 0.105. The summed E-state index contributed by atoms with van der Waals surface area (Å²) in [6.07, 6.45) is 3.85. The van der Waals surface area contributed by atoms with Gasteiger partial charge in [0.05, 0.1) is 18.4 Å². The average molecular weight is 306 g/mol. The number of methoxy groups -OCH3 is 1. The Kier molecular flexibility index (Phi) is 4.43. The molecular formula is C19H18N2O2. The van der Waals surface area contributed by atoms with E-state index in [9.17, 15) is 4.79 Å². The molecule has 0 fully saturated rings. The first-order chi connectivity index (χ1) is 11.3. The fourth-order valence-corrected chi connectivity index (χ4v) is 2.51. The molecule has 3 aromatic rings. The summed E-state index contributed by atoms with van der Waals surface area (Å²) in [5.41, 5.74) is 2.44.